The molecule has 9 heteroatoms. The molecule has 0 saturated carbocycles. The van der Waals surface area contributed by atoms with Gasteiger partial charge >= 0.3 is 0 Å². The Kier molecular flexibility index (Phi) is 7.55. The van der Waals surface area contributed by atoms with Crippen LogP contribution in [0.5, 0.6) is 0 Å². The standard InChI is InChI=1S/C18H18BrF2IN2O3/c1-18(2,26)5-6-27-24-17(25)11-8-12(19)13(20)9-16(11)23-15-4-3-10(22)7-14(15)21/h3-4,7-9,23,26H,5-6H2,1-2H3,(H,24,25). The van der Waals surface area contributed by atoms with Gasteiger partial charge in [0.15, 0.2) is 0 Å². The number of hydrogen-bond acceptors (Lipinski definition) is 4. The van der Waals surface area contributed by atoms with E-state index in [2.05, 4.69) is 26.7 Å². The van der Waals surface area contributed by atoms with Crippen molar-refractivity contribution in [1.29, 1.82) is 0 Å². The normalized spacial score (nSPS) is 11.4. The molecule has 0 atom stereocenters. The molecular formula is C18H18BrF2IN2O3. The quantitative estimate of drug-likeness (QED) is 0.259. The number of halogens is 4. The first-order valence-corrected chi connectivity index (χ1v) is 9.79. The van der Waals surface area contributed by atoms with Gasteiger partial charge in [-0.3, -0.25) is 9.63 Å². The molecule has 2 aromatic rings. The number of benzene rings is 2. The van der Waals surface area contributed by atoms with Crippen LogP contribution in [-0.2, 0) is 4.84 Å². The average molecular weight is 555 g/mol. The minimum Gasteiger partial charge on any atom is -0.390 e. The first-order chi connectivity index (χ1) is 12.6. The molecule has 0 fully saturated rings. The summed E-state index contributed by atoms with van der Waals surface area (Å²) in [7, 11) is 0. The van der Waals surface area contributed by atoms with Crippen molar-refractivity contribution in [2.75, 3.05) is 11.9 Å². The third-order valence-electron chi connectivity index (χ3n) is 3.49. The monoisotopic (exact) mass is 554 g/mol. The van der Waals surface area contributed by atoms with E-state index in [1.165, 1.54) is 18.2 Å². The molecule has 27 heavy (non-hydrogen) atoms. The molecule has 0 aliphatic rings. The second-order valence-corrected chi connectivity index (χ2v) is 8.50. The van der Waals surface area contributed by atoms with E-state index in [0.717, 1.165) is 6.07 Å². The fourth-order valence-electron chi connectivity index (χ4n) is 2.05. The summed E-state index contributed by atoms with van der Waals surface area (Å²) in [6.07, 6.45) is 0.305. The highest BCUT2D eigenvalue weighted by atomic mass is 127. The van der Waals surface area contributed by atoms with Crippen LogP contribution in [0.1, 0.15) is 30.6 Å². The fourth-order valence-corrected chi connectivity index (χ4v) is 2.84. The molecule has 146 valence electrons. The minimum absolute atomic E-state index is 0.0597. The van der Waals surface area contributed by atoms with Crippen molar-refractivity contribution in [1.82, 2.24) is 5.48 Å². The number of hydroxylamine groups is 1. The first kappa shape index (κ1) is 22.0. The lowest BCUT2D eigenvalue weighted by atomic mass is 10.1. The SMILES string of the molecule is CC(C)(O)CCONC(=O)c1cc(Br)c(F)cc1Nc1ccc(I)cc1F. The summed E-state index contributed by atoms with van der Waals surface area (Å²) in [6.45, 7) is 3.33. The fraction of sp³-hybridized carbons (Fsp3) is 0.278. The van der Waals surface area contributed by atoms with E-state index >= 15 is 0 Å². The zero-order valence-corrected chi connectivity index (χ0v) is 18.3. The van der Waals surface area contributed by atoms with E-state index < -0.39 is 23.1 Å². The average Bonchev–Trinajstić information content (AvgIpc) is 2.56. The van der Waals surface area contributed by atoms with E-state index in [1.807, 2.05) is 22.6 Å². The zero-order chi connectivity index (χ0) is 20.2. The molecule has 2 rings (SSSR count). The summed E-state index contributed by atoms with van der Waals surface area (Å²) in [4.78, 5) is 17.5. The van der Waals surface area contributed by atoms with Crippen molar-refractivity contribution in [3.8, 4) is 0 Å². The van der Waals surface area contributed by atoms with E-state index in [9.17, 15) is 18.7 Å². The topological polar surface area (TPSA) is 70.6 Å². The Morgan fingerprint density at radius 3 is 2.56 bits per heavy atom. The lowest BCUT2D eigenvalue weighted by molar-refractivity contribution is -0.00569. The van der Waals surface area contributed by atoms with Gasteiger partial charge in [0, 0.05) is 9.99 Å². The second-order valence-electron chi connectivity index (χ2n) is 6.40. The van der Waals surface area contributed by atoms with Crippen LogP contribution in [0.25, 0.3) is 0 Å². The second kappa shape index (κ2) is 9.26. The van der Waals surface area contributed by atoms with E-state index in [1.54, 1.807) is 19.9 Å². The van der Waals surface area contributed by atoms with Crippen LogP contribution in [0, 0.1) is 15.2 Å². The lowest BCUT2D eigenvalue weighted by Gasteiger charge is -2.17. The highest BCUT2D eigenvalue weighted by Crippen LogP contribution is 2.29. The Hall–Kier alpha value is -1.30. The smallest absolute Gasteiger partial charge is 0.276 e. The molecular weight excluding hydrogens is 537 g/mol. The van der Waals surface area contributed by atoms with Crippen molar-refractivity contribution in [3.63, 3.8) is 0 Å². The molecule has 0 radical (unpaired) electrons. The lowest BCUT2D eigenvalue weighted by Crippen LogP contribution is -2.28. The summed E-state index contributed by atoms with van der Waals surface area (Å²) in [5.41, 5.74) is 1.56. The molecule has 0 saturated heterocycles. The molecule has 0 aliphatic carbocycles. The molecule has 0 aromatic heterocycles. The maximum Gasteiger partial charge on any atom is 0.276 e. The Bertz CT molecular complexity index is 844. The number of amides is 1. The predicted octanol–water partition coefficient (Wildman–Crippen LogP) is 4.90. The molecule has 0 heterocycles. The molecule has 0 aliphatic heterocycles. The van der Waals surface area contributed by atoms with Gasteiger partial charge in [-0.2, -0.15) is 0 Å². The number of aliphatic hydroxyl groups is 1. The summed E-state index contributed by atoms with van der Waals surface area (Å²) in [6, 6.07) is 6.86. The van der Waals surface area contributed by atoms with Gasteiger partial charge in [0.1, 0.15) is 11.6 Å². The summed E-state index contributed by atoms with van der Waals surface area (Å²) < 4.78 is 28.8. The molecule has 3 N–H and O–H groups in total. The van der Waals surface area contributed by atoms with Crippen molar-refractivity contribution < 1.29 is 23.5 Å². The van der Waals surface area contributed by atoms with Crippen LogP contribution >= 0.6 is 38.5 Å². The number of carbonyl (C=O) groups excluding carboxylic acids is 1. The van der Waals surface area contributed by atoms with Gasteiger partial charge in [-0.05, 0) is 82.7 Å². The van der Waals surface area contributed by atoms with Crippen LogP contribution in [0.3, 0.4) is 0 Å². The van der Waals surface area contributed by atoms with Crippen LogP contribution in [0.4, 0.5) is 20.2 Å². The molecule has 5 nitrogen and oxygen atoms in total. The van der Waals surface area contributed by atoms with Crippen molar-refractivity contribution >= 4 is 55.8 Å². The molecule has 2 aromatic carbocycles. The third kappa shape index (κ3) is 6.66. The minimum atomic E-state index is -0.932. The molecule has 0 spiro atoms. The molecule has 1 amide bonds. The molecule has 0 unspecified atom stereocenters. The maximum atomic E-state index is 14.1. The summed E-state index contributed by atoms with van der Waals surface area (Å²) in [5, 5.41) is 12.4. The van der Waals surface area contributed by atoms with Gasteiger partial charge in [-0.15, -0.1) is 0 Å². The largest absolute Gasteiger partial charge is 0.390 e. The number of anilines is 2. The highest BCUT2D eigenvalue weighted by Gasteiger charge is 2.18. The van der Waals surface area contributed by atoms with Crippen LogP contribution in [-0.4, -0.2) is 23.2 Å². The maximum absolute atomic E-state index is 14.1. The van der Waals surface area contributed by atoms with Gasteiger partial charge < -0.3 is 10.4 Å². The Labute approximate surface area is 177 Å². The van der Waals surface area contributed by atoms with E-state index in [-0.39, 0.29) is 28.0 Å². The van der Waals surface area contributed by atoms with E-state index in [4.69, 9.17) is 4.84 Å². The predicted molar refractivity (Wildman–Crippen MR) is 111 cm³/mol. The van der Waals surface area contributed by atoms with Crippen molar-refractivity contribution in [2.24, 2.45) is 0 Å². The number of hydrogen-bond donors (Lipinski definition) is 3. The highest BCUT2D eigenvalue weighted by molar-refractivity contribution is 14.1. The van der Waals surface area contributed by atoms with Crippen LogP contribution in [0.2, 0.25) is 0 Å². The summed E-state index contributed by atoms with van der Waals surface area (Å²) in [5.74, 6) is -1.78. The van der Waals surface area contributed by atoms with Gasteiger partial charge in [-0.25, -0.2) is 14.3 Å². The number of rotatable bonds is 7. The van der Waals surface area contributed by atoms with Gasteiger partial charge in [0.25, 0.3) is 5.91 Å². The Morgan fingerprint density at radius 1 is 1.22 bits per heavy atom. The third-order valence-corrected chi connectivity index (χ3v) is 4.77. The molecule has 0 bridgehead atoms. The van der Waals surface area contributed by atoms with Crippen LogP contribution < -0.4 is 10.8 Å². The van der Waals surface area contributed by atoms with Gasteiger partial charge in [0.2, 0.25) is 0 Å². The van der Waals surface area contributed by atoms with Gasteiger partial charge in [-0.1, -0.05) is 0 Å². The number of carbonyl (C=O) groups is 1. The van der Waals surface area contributed by atoms with Crippen molar-refractivity contribution in [3.05, 3.63) is 55.6 Å². The van der Waals surface area contributed by atoms with E-state index in [0.29, 0.717) is 9.99 Å². The van der Waals surface area contributed by atoms with Crippen LogP contribution in [0.15, 0.2) is 34.8 Å². The van der Waals surface area contributed by atoms with Gasteiger partial charge in [0.05, 0.1) is 33.6 Å². The van der Waals surface area contributed by atoms with Crippen molar-refractivity contribution in [2.45, 2.75) is 25.9 Å². The number of nitrogens with one attached hydrogen (secondary N) is 2. The zero-order valence-electron chi connectivity index (χ0n) is 14.6. The summed E-state index contributed by atoms with van der Waals surface area (Å²) >= 11 is 5.01. The Balaban J connectivity index is 2.20. The Morgan fingerprint density at radius 2 is 1.93 bits per heavy atom. The first-order valence-electron chi connectivity index (χ1n) is 7.92.